The summed E-state index contributed by atoms with van der Waals surface area (Å²) in [6.07, 6.45) is 9.29. The molecule has 1 aromatic heterocycles. The quantitative estimate of drug-likeness (QED) is 0.605. The Morgan fingerprint density at radius 3 is 2.71 bits per heavy atom. The molecule has 0 saturated carbocycles. The van der Waals surface area contributed by atoms with E-state index >= 15 is 0 Å². The van der Waals surface area contributed by atoms with Gasteiger partial charge < -0.3 is 9.30 Å². The van der Waals surface area contributed by atoms with Gasteiger partial charge in [-0.1, -0.05) is 52.7 Å². The average molecular weight is 291 g/mol. The lowest BCUT2D eigenvalue weighted by molar-refractivity contribution is 0.339. The normalized spacial score (nSPS) is 12.1. The van der Waals surface area contributed by atoms with E-state index < -0.39 is 0 Å². The molecule has 3 heteroatoms. The van der Waals surface area contributed by atoms with E-state index in [4.69, 9.17) is 4.74 Å². The fourth-order valence-electron chi connectivity index (χ4n) is 2.62. The number of hydrogen-bond donors (Lipinski definition) is 0. The van der Waals surface area contributed by atoms with Gasteiger partial charge >= 0.3 is 0 Å². The fraction of sp³-hybridized carbons (Fsp3) is 0.611. The molecular formula is C18H29NO2. The third kappa shape index (κ3) is 5.07. The average Bonchev–Trinajstić information content (AvgIpc) is 2.51. The van der Waals surface area contributed by atoms with Gasteiger partial charge in [0.15, 0.2) is 5.75 Å². The molecule has 1 heterocycles. The molecule has 0 radical (unpaired) electrons. The third-order valence-corrected chi connectivity index (χ3v) is 3.92. The van der Waals surface area contributed by atoms with Crippen molar-refractivity contribution in [2.45, 2.75) is 59.4 Å². The van der Waals surface area contributed by atoms with Crippen LogP contribution in [0, 0.1) is 5.92 Å². The van der Waals surface area contributed by atoms with Gasteiger partial charge in [0.1, 0.15) is 6.61 Å². The first-order valence-corrected chi connectivity index (χ1v) is 8.13. The molecule has 1 aromatic rings. The third-order valence-electron chi connectivity index (χ3n) is 3.92. The highest BCUT2D eigenvalue weighted by atomic mass is 16.5. The minimum absolute atomic E-state index is 0.0356. The molecule has 0 aliphatic heterocycles. The predicted molar refractivity (Wildman–Crippen MR) is 89.1 cm³/mol. The topological polar surface area (TPSA) is 31.2 Å². The molecule has 0 aromatic carbocycles. The van der Waals surface area contributed by atoms with Crippen LogP contribution in [0.2, 0.25) is 0 Å². The predicted octanol–water partition coefficient (Wildman–Crippen LogP) is 4.19. The highest BCUT2D eigenvalue weighted by Gasteiger charge is 2.14. The maximum absolute atomic E-state index is 12.0. The SMILES string of the molecule is C=CCOc1c(CC)n(CC(CC)CCCC)ccc1=O. The summed E-state index contributed by atoms with van der Waals surface area (Å²) in [5.41, 5.74) is 0.964. The van der Waals surface area contributed by atoms with Gasteiger partial charge in [0.2, 0.25) is 5.43 Å². The Morgan fingerprint density at radius 1 is 1.38 bits per heavy atom. The Bertz CT molecular complexity index is 490. The van der Waals surface area contributed by atoms with Gasteiger partial charge in [-0.15, -0.1) is 0 Å². The summed E-state index contributed by atoms with van der Waals surface area (Å²) in [5.74, 6) is 1.15. The van der Waals surface area contributed by atoms with Crippen molar-refractivity contribution >= 4 is 0 Å². The van der Waals surface area contributed by atoms with Crippen LogP contribution in [0.25, 0.3) is 0 Å². The summed E-state index contributed by atoms with van der Waals surface area (Å²) in [7, 11) is 0. The molecule has 118 valence electrons. The lowest BCUT2D eigenvalue weighted by Gasteiger charge is -2.21. The first kappa shape index (κ1) is 17.5. The van der Waals surface area contributed by atoms with Crippen molar-refractivity contribution in [3.63, 3.8) is 0 Å². The molecule has 0 bridgehead atoms. The molecule has 1 atom stereocenters. The van der Waals surface area contributed by atoms with Gasteiger partial charge in [-0.05, 0) is 18.8 Å². The zero-order chi connectivity index (χ0) is 15.7. The maximum atomic E-state index is 12.0. The Labute approximate surface area is 128 Å². The first-order chi connectivity index (χ1) is 10.2. The van der Waals surface area contributed by atoms with Gasteiger partial charge in [-0.3, -0.25) is 4.79 Å². The maximum Gasteiger partial charge on any atom is 0.223 e. The van der Waals surface area contributed by atoms with Crippen LogP contribution in [0.4, 0.5) is 0 Å². The van der Waals surface area contributed by atoms with E-state index in [1.165, 1.54) is 19.3 Å². The molecule has 0 N–H and O–H groups in total. The van der Waals surface area contributed by atoms with Crippen molar-refractivity contribution < 1.29 is 4.74 Å². The molecule has 0 amide bonds. The van der Waals surface area contributed by atoms with Crippen molar-refractivity contribution in [2.75, 3.05) is 6.61 Å². The molecule has 1 rings (SSSR count). The number of aromatic nitrogens is 1. The first-order valence-electron chi connectivity index (χ1n) is 8.13. The molecule has 0 fully saturated rings. The highest BCUT2D eigenvalue weighted by Crippen LogP contribution is 2.20. The molecule has 0 saturated heterocycles. The van der Waals surface area contributed by atoms with Crippen LogP contribution in [0.1, 0.15) is 52.1 Å². The Morgan fingerprint density at radius 2 is 2.14 bits per heavy atom. The minimum atomic E-state index is -0.0356. The van der Waals surface area contributed by atoms with E-state index in [2.05, 4.69) is 31.9 Å². The van der Waals surface area contributed by atoms with Gasteiger partial charge in [0.25, 0.3) is 0 Å². The van der Waals surface area contributed by atoms with Crippen LogP contribution in [-0.4, -0.2) is 11.2 Å². The molecule has 0 spiro atoms. The van der Waals surface area contributed by atoms with Crippen LogP contribution >= 0.6 is 0 Å². The van der Waals surface area contributed by atoms with Crippen LogP contribution in [0.3, 0.4) is 0 Å². The monoisotopic (exact) mass is 291 g/mol. The smallest absolute Gasteiger partial charge is 0.223 e. The Hall–Kier alpha value is -1.51. The standard InChI is InChI=1S/C18H29NO2/c1-5-9-10-15(7-3)14-19-12-11-17(20)18(16(19)8-4)21-13-6-2/h6,11-12,15H,2,5,7-10,13-14H2,1,3-4H3. The zero-order valence-corrected chi connectivity index (χ0v) is 13.7. The van der Waals surface area contributed by atoms with Crippen molar-refractivity contribution in [2.24, 2.45) is 5.92 Å². The van der Waals surface area contributed by atoms with Crippen molar-refractivity contribution in [1.29, 1.82) is 0 Å². The summed E-state index contributed by atoms with van der Waals surface area (Å²) >= 11 is 0. The van der Waals surface area contributed by atoms with Crippen LogP contribution in [0.15, 0.2) is 29.7 Å². The molecular weight excluding hydrogens is 262 g/mol. The Balaban J connectivity index is 3.00. The lowest BCUT2D eigenvalue weighted by atomic mass is 9.99. The fourth-order valence-corrected chi connectivity index (χ4v) is 2.62. The van der Waals surface area contributed by atoms with E-state index in [-0.39, 0.29) is 5.43 Å². The number of rotatable bonds is 10. The van der Waals surface area contributed by atoms with Gasteiger partial charge in [-0.25, -0.2) is 0 Å². The van der Waals surface area contributed by atoms with Crippen molar-refractivity contribution in [3.8, 4) is 5.75 Å². The van der Waals surface area contributed by atoms with Crippen LogP contribution < -0.4 is 10.2 Å². The van der Waals surface area contributed by atoms with Crippen molar-refractivity contribution in [1.82, 2.24) is 4.57 Å². The lowest BCUT2D eigenvalue weighted by Crippen LogP contribution is -2.19. The summed E-state index contributed by atoms with van der Waals surface area (Å²) in [6, 6.07) is 1.62. The largest absolute Gasteiger partial charge is 0.484 e. The van der Waals surface area contributed by atoms with E-state index in [9.17, 15) is 4.79 Å². The number of nitrogens with zero attached hydrogens (tertiary/aromatic N) is 1. The molecule has 1 unspecified atom stereocenters. The van der Waals surface area contributed by atoms with Gasteiger partial charge in [0.05, 0.1) is 5.69 Å². The molecule has 0 aliphatic carbocycles. The molecule has 0 aliphatic rings. The van der Waals surface area contributed by atoms with Crippen LogP contribution in [-0.2, 0) is 13.0 Å². The van der Waals surface area contributed by atoms with E-state index in [1.54, 1.807) is 12.1 Å². The second kappa shape index (κ2) is 9.43. The Kier molecular flexibility index (Phi) is 7.88. The number of hydrogen-bond acceptors (Lipinski definition) is 2. The highest BCUT2D eigenvalue weighted by molar-refractivity contribution is 5.28. The molecule has 3 nitrogen and oxygen atoms in total. The van der Waals surface area contributed by atoms with E-state index in [1.807, 2.05) is 6.20 Å². The van der Waals surface area contributed by atoms with E-state index in [0.717, 1.165) is 25.1 Å². The summed E-state index contributed by atoms with van der Waals surface area (Å²) in [6.45, 7) is 11.5. The second-order valence-corrected chi connectivity index (χ2v) is 5.48. The van der Waals surface area contributed by atoms with Crippen molar-refractivity contribution in [3.05, 3.63) is 40.8 Å². The summed E-state index contributed by atoms with van der Waals surface area (Å²) in [5, 5.41) is 0. The number of pyridine rings is 1. The second-order valence-electron chi connectivity index (χ2n) is 5.48. The minimum Gasteiger partial charge on any atom is -0.484 e. The zero-order valence-electron chi connectivity index (χ0n) is 13.7. The number of unbranched alkanes of at least 4 members (excludes halogenated alkanes) is 1. The van der Waals surface area contributed by atoms with E-state index in [0.29, 0.717) is 18.3 Å². The summed E-state index contributed by atoms with van der Waals surface area (Å²) < 4.78 is 7.79. The molecule has 21 heavy (non-hydrogen) atoms. The summed E-state index contributed by atoms with van der Waals surface area (Å²) in [4.78, 5) is 12.0. The van der Waals surface area contributed by atoms with Crippen LogP contribution in [0.5, 0.6) is 5.75 Å². The van der Waals surface area contributed by atoms with Gasteiger partial charge in [0, 0.05) is 18.8 Å². The van der Waals surface area contributed by atoms with Gasteiger partial charge in [-0.2, -0.15) is 0 Å². The number of ether oxygens (including phenoxy) is 1.